The van der Waals surface area contributed by atoms with Crippen molar-refractivity contribution >= 4 is 11.9 Å². The highest BCUT2D eigenvalue weighted by atomic mass is 16.5. The number of aromatic nitrogens is 2. The van der Waals surface area contributed by atoms with Gasteiger partial charge >= 0.3 is 0 Å². The zero-order valence-corrected chi connectivity index (χ0v) is 19.5. The van der Waals surface area contributed by atoms with E-state index < -0.39 is 0 Å². The van der Waals surface area contributed by atoms with E-state index in [2.05, 4.69) is 4.90 Å². The summed E-state index contributed by atoms with van der Waals surface area (Å²) in [6, 6.07) is 15.2. The number of amides is 1. The van der Waals surface area contributed by atoms with Gasteiger partial charge in [-0.2, -0.15) is 4.98 Å². The Kier molecular flexibility index (Phi) is 6.31. The summed E-state index contributed by atoms with van der Waals surface area (Å²) in [5.74, 6) is 2.27. The Morgan fingerprint density at radius 1 is 1.00 bits per heavy atom. The van der Waals surface area contributed by atoms with Crippen molar-refractivity contribution in [3.8, 4) is 17.4 Å². The van der Waals surface area contributed by atoms with Crippen LogP contribution in [0.4, 0.5) is 5.95 Å². The molecule has 0 radical (unpaired) electrons. The van der Waals surface area contributed by atoms with Gasteiger partial charge in [0.25, 0.3) is 5.91 Å². The Hall–Kier alpha value is -3.65. The number of aryl methyl sites for hydroxylation is 1. The van der Waals surface area contributed by atoms with Crippen LogP contribution in [0.2, 0.25) is 0 Å². The van der Waals surface area contributed by atoms with Crippen LogP contribution in [0.3, 0.4) is 0 Å². The van der Waals surface area contributed by atoms with Crippen LogP contribution in [0.1, 0.15) is 27.2 Å². The average molecular weight is 461 g/mol. The smallest absolute Gasteiger partial charge is 0.254 e. The maximum Gasteiger partial charge on any atom is 0.254 e. The van der Waals surface area contributed by atoms with Gasteiger partial charge in [0.1, 0.15) is 0 Å². The summed E-state index contributed by atoms with van der Waals surface area (Å²) < 4.78 is 17.3. The number of nitrogens with zero attached hydrogens (tertiary/aromatic N) is 4. The number of hydrogen-bond acceptors (Lipinski definition) is 7. The van der Waals surface area contributed by atoms with Crippen LogP contribution in [-0.2, 0) is 17.7 Å². The number of ether oxygens (including phenoxy) is 3. The van der Waals surface area contributed by atoms with Gasteiger partial charge in [-0.1, -0.05) is 29.8 Å². The zero-order valence-electron chi connectivity index (χ0n) is 19.5. The molecule has 3 heterocycles. The number of carbonyl (C=O) groups is 1. The molecule has 5 rings (SSSR count). The lowest BCUT2D eigenvalue weighted by molar-refractivity contribution is 0.0731. The van der Waals surface area contributed by atoms with E-state index in [4.69, 9.17) is 24.2 Å². The van der Waals surface area contributed by atoms with Gasteiger partial charge in [-0.3, -0.25) is 4.79 Å². The van der Waals surface area contributed by atoms with E-state index in [0.29, 0.717) is 61.6 Å². The topological polar surface area (TPSA) is 77.0 Å². The van der Waals surface area contributed by atoms with Gasteiger partial charge in [0.05, 0.1) is 38.1 Å². The van der Waals surface area contributed by atoms with E-state index in [1.807, 2.05) is 60.4 Å². The third-order valence-corrected chi connectivity index (χ3v) is 6.13. The zero-order chi connectivity index (χ0) is 23.5. The maximum absolute atomic E-state index is 13.2. The number of anilines is 1. The maximum atomic E-state index is 13.2. The van der Waals surface area contributed by atoms with Crippen molar-refractivity contribution in [1.82, 2.24) is 14.9 Å². The summed E-state index contributed by atoms with van der Waals surface area (Å²) in [5.41, 5.74) is 3.48. The molecule has 34 heavy (non-hydrogen) atoms. The Balaban J connectivity index is 1.50. The van der Waals surface area contributed by atoms with Gasteiger partial charge in [-0.25, -0.2) is 4.98 Å². The fourth-order valence-electron chi connectivity index (χ4n) is 4.30. The monoisotopic (exact) mass is 460 g/mol. The van der Waals surface area contributed by atoms with Crippen LogP contribution in [0.15, 0.2) is 48.5 Å². The van der Waals surface area contributed by atoms with Gasteiger partial charge in [-0.15, -0.1) is 0 Å². The summed E-state index contributed by atoms with van der Waals surface area (Å²) in [7, 11) is 1.61. The molecule has 0 saturated carbocycles. The summed E-state index contributed by atoms with van der Waals surface area (Å²) in [6.45, 7) is 5.70. The third-order valence-electron chi connectivity index (χ3n) is 6.13. The molecule has 1 amide bonds. The molecule has 1 aromatic heterocycles. The Morgan fingerprint density at radius 3 is 2.56 bits per heavy atom. The first-order valence-electron chi connectivity index (χ1n) is 11.5. The quantitative estimate of drug-likeness (QED) is 0.576. The molecule has 0 N–H and O–H groups in total. The van der Waals surface area contributed by atoms with Crippen LogP contribution >= 0.6 is 0 Å². The van der Waals surface area contributed by atoms with Crippen molar-refractivity contribution < 1.29 is 19.0 Å². The highest BCUT2D eigenvalue weighted by Gasteiger charge is 2.29. The number of carbonyl (C=O) groups excluding carboxylic acids is 1. The predicted octanol–water partition coefficient (Wildman–Crippen LogP) is 3.62. The number of methoxy groups -OCH3 is 1. The molecule has 0 aliphatic carbocycles. The first kappa shape index (κ1) is 22.2. The largest absolute Gasteiger partial charge is 0.493 e. The van der Waals surface area contributed by atoms with Crippen molar-refractivity contribution in [2.45, 2.75) is 19.9 Å². The summed E-state index contributed by atoms with van der Waals surface area (Å²) in [4.78, 5) is 26.9. The first-order valence-corrected chi connectivity index (χ1v) is 11.5. The van der Waals surface area contributed by atoms with Crippen molar-refractivity contribution in [2.24, 2.45) is 0 Å². The fraction of sp³-hybridized carbons (Fsp3) is 0.346. The molecule has 2 aliphatic heterocycles. The SMILES string of the molecule is COc1ccccc1Oc1nc(N2CCOCC2)nc2c1CN(C(=O)c1cccc(C)c1)CC2. The van der Waals surface area contributed by atoms with Crippen LogP contribution in [-0.4, -0.2) is 60.7 Å². The second-order valence-electron chi connectivity index (χ2n) is 8.45. The number of fused-ring (bicyclic) bond motifs is 1. The standard InChI is InChI=1S/C26H28N4O4/c1-18-6-5-7-19(16-18)25(31)30-11-10-21-20(17-30)24(34-23-9-4-3-8-22(23)32-2)28-26(27-21)29-12-14-33-15-13-29/h3-9,16H,10-15,17H2,1-2H3. The highest BCUT2D eigenvalue weighted by Crippen LogP contribution is 2.35. The molecule has 0 unspecified atom stereocenters. The molecular formula is C26H28N4O4. The molecular weight excluding hydrogens is 432 g/mol. The second-order valence-corrected chi connectivity index (χ2v) is 8.45. The van der Waals surface area contributed by atoms with Crippen LogP contribution in [0, 0.1) is 6.92 Å². The molecule has 0 bridgehead atoms. The van der Waals surface area contributed by atoms with E-state index in [0.717, 1.165) is 29.9 Å². The molecule has 3 aromatic rings. The lowest BCUT2D eigenvalue weighted by Gasteiger charge is -2.32. The molecule has 8 heteroatoms. The number of para-hydroxylation sites is 2. The van der Waals surface area contributed by atoms with Gasteiger partial charge in [0.15, 0.2) is 11.5 Å². The van der Waals surface area contributed by atoms with E-state index in [9.17, 15) is 4.79 Å². The number of benzene rings is 2. The molecule has 8 nitrogen and oxygen atoms in total. The Bertz CT molecular complexity index is 1190. The van der Waals surface area contributed by atoms with Gasteiger partial charge < -0.3 is 24.0 Å². The van der Waals surface area contributed by atoms with Crippen LogP contribution in [0.5, 0.6) is 17.4 Å². The van der Waals surface area contributed by atoms with Crippen molar-refractivity contribution in [3.05, 3.63) is 70.9 Å². The molecule has 1 fully saturated rings. The molecule has 0 atom stereocenters. The van der Waals surface area contributed by atoms with E-state index in [-0.39, 0.29) is 5.91 Å². The summed E-state index contributed by atoms with van der Waals surface area (Å²) >= 11 is 0. The number of rotatable bonds is 5. The van der Waals surface area contributed by atoms with Crippen LogP contribution in [0.25, 0.3) is 0 Å². The second kappa shape index (κ2) is 9.69. The first-order chi connectivity index (χ1) is 16.6. The van der Waals surface area contributed by atoms with Gasteiger partial charge in [-0.05, 0) is 31.2 Å². The van der Waals surface area contributed by atoms with Crippen molar-refractivity contribution in [1.29, 1.82) is 0 Å². The summed E-state index contributed by atoms with van der Waals surface area (Å²) in [5, 5.41) is 0. The van der Waals surface area contributed by atoms with E-state index in [1.165, 1.54) is 0 Å². The third kappa shape index (κ3) is 4.54. The highest BCUT2D eigenvalue weighted by molar-refractivity contribution is 5.94. The lowest BCUT2D eigenvalue weighted by Crippen LogP contribution is -2.39. The Labute approximate surface area is 199 Å². The molecule has 0 spiro atoms. The minimum Gasteiger partial charge on any atom is -0.493 e. The lowest BCUT2D eigenvalue weighted by atomic mass is 10.0. The molecule has 2 aliphatic rings. The molecule has 2 aromatic carbocycles. The van der Waals surface area contributed by atoms with Crippen LogP contribution < -0.4 is 14.4 Å². The normalized spacial score (nSPS) is 15.6. The van der Waals surface area contributed by atoms with E-state index in [1.54, 1.807) is 7.11 Å². The average Bonchev–Trinajstić information content (AvgIpc) is 2.88. The molecule has 176 valence electrons. The van der Waals surface area contributed by atoms with Gasteiger partial charge in [0.2, 0.25) is 11.8 Å². The summed E-state index contributed by atoms with van der Waals surface area (Å²) in [6.07, 6.45) is 0.634. The minimum absolute atomic E-state index is 0.00477. The predicted molar refractivity (Wildman–Crippen MR) is 128 cm³/mol. The van der Waals surface area contributed by atoms with E-state index >= 15 is 0 Å². The minimum atomic E-state index is -0.00477. The number of morpholine rings is 1. The molecule has 1 saturated heterocycles. The van der Waals surface area contributed by atoms with Gasteiger partial charge in [0, 0.05) is 31.6 Å². The van der Waals surface area contributed by atoms with Crippen molar-refractivity contribution in [2.75, 3.05) is 44.9 Å². The number of hydrogen-bond donors (Lipinski definition) is 0. The fourth-order valence-corrected chi connectivity index (χ4v) is 4.30. The van der Waals surface area contributed by atoms with Crippen molar-refractivity contribution in [3.63, 3.8) is 0 Å². The Morgan fingerprint density at radius 2 is 1.79 bits per heavy atom.